The van der Waals surface area contributed by atoms with Crippen LogP contribution in [-0.2, 0) is 4.79 Å². The highest BCUT2D eigenvalue weighted by molar-refractivity contribution is 5.75. The van der Waals surface area contributed by atoms with Crippen LogP contribution >= 0.6 is 0 Å². The van der Waals surface area contributed by atoms with Crippen molar-refractivity contribution in [2.45, 2.75) is 111 Å². The van der Waals surface area contributed by atoms with Crippen LogP contribution < -0.4 is 5.32 Å². The zero-order valence-corrected chi connectivity index (χ0v) is 18.6. The van der Waals surface area contributed by atoms with Crippen molar-refractivity contribution in [3.63, 3.8) is 0 Å². The minimum atomic E-state index is 0.242. The average molecular weight is 370 g/mol. The van der Waals surface area contributed by atoms with Gasteiger partial charge in [-0.15, -0.1) is 0 Å². The van der Waals surface area contributed by atoms with E-state index in [1.54, 1.807) is 0 Å². The number of hydrogen-bond acceptors (Lipinski definition) is 1. The molecule has 1 amide bonds. The Balaban J connectivity index is 3.31. The van der Waals surface area contributed by atoms with Gasteiger partial charge in [-0.2, -0.15) is 0 Å². The zero-order chi connectivity index (χ0) is 19.5. The van der Waals surface area contributed by atoms with Gasteiger partial charge in [0.05, 0.1) is 33.2 Å². The van der Waals surface area contributed by atoms with Gasteiger partial charge in [-0.25, -0.2) is 0 Å². The number of hydrogen-bond donors (Lipinski definition) is 1. The fourth-order valence-electron chi connectivity index (χ4n) is 3.40. The lowest BCUT2D eigenvalue weighted by molar-refractivity contribution is -0.904. The van der Waals surface area contributed by atoms with E-state index in [9.17, 15) is 4.79 Å². The molecule has 0 aromatic heterocycles. The van der Waals surface area contributed by atoms with Gasteiger partial charge in [-0.3, -0.25) is 4.79 Å². The maximum absolute atomic E-state index is 11.9. The molecule has 0 radical (unpaired) electrons. The highest BCUT2D eigenvalue weighted by Crippen LogP contribution is 2.12. The second-order valence-corrected chi connectivity index (χ2v) is 8.32. The lowest BCUT2D eigenvalue weighted by Crippen LogP contribution is -2.48. The summed E-state index contributed by atoms with van der Waals surface area (Å²) >= 11 is 0. The van der Waals surface area contributed by atoms with E-state index in [0.29, 0.717) is 6.42 Å². The number of unbranched alkanes of at least 4 members (excludes halogenated alkanes) is 12. The number of rotatable bonds is 19. The normalized spacial score (nSPS) is 11.7. The third kappa shape index (κ3) is 15.7. The van der Waals surface area contributed by atoms with Crippen LogP contribution in [0.3, 0.4) is 0 Å². The summed E-state index contributed by atoms with van der Waals surface area (Å²) in [5.41, 5.74) is 0. The molecule has 156 valence electrons. The summed E-state index contributed by atoms with van der Waals surface area (Å²) in [7, 11) is 2.26. The van der Waals surface area contributed by atoms with Crippen LogP contribution in [0.4, 0.5) is 0 Å². The Kier molecular flexibility index (Phi) is 17.4. The smallest absolute Gasteiger partial charge is 0.220 e. The first-order chi connectivity index (χ1) is 12.6. The number of nitrogens with one attached hydrogen (secondary N) is 1. The fraction of sp³-hybridized carbons (Fsp3) is 0.957. The molecule has 0 saturated heterocycles. The minimum absolute atomic E-state index is 0.242. The molecule has 0 aliphatic heterocycles. The maximum Gasteiger partial charge on any atom is 0.220 e. The first-order valence-electron chi connectivity index (χ1n) is 11.7. The molecule has 0 unspecified atom stereocenters. The Morgan fingerprint density at radius 2 is 1.12 bits per heavy atom. The summed E-state index contributed by atoms with van der Waals surface area (Å²) in [6, 6.07) is 0. The Bertz CT molecular complexity index is 313. The summed E-state index contributed by atoms with van der Waals surface area (Å²) < 4.78 is 1.04. The summed E-state index contributed by atoms with van der Waals surface area (Å²) in [6.07, 6.45) is 18.3. The summed E-state index contributed by atoms with van der Waals surface area (Å²) in [6.45, 7) is 10.8. The SMILES string of the molecule is CCCCCCCCCCCCCCCC(=O)NCC[N+](C)(CC)CC. The van der Waals surface area contributed by atoms with Gasteiger partial charge < -0.3 is 9.80 Å². The van der Waals surface area contributed by atoms with Gasteiger partial charge in [-0.1, -0.05) is 84.0 Å². The minimum Gasteiger partial charge on any atom is -0.350 e. The van der Waals surface area contributed by atoms with E-state index in [0.717, 1.165) is 37.1 Å². The third-order valence-corrected chi connectivity index (χ3v) is 6.01. The summed E-state index contributed by atoms with van der Waals surface area (Å²) in [5.74, 6) is 0.242. The highest BCUT2D eigenvalue weighted by Gasteiger charge is 2.15. The van der Waals surface area contributed by atoms with Crippen LogP contribution in [0.5, 0.6) is 0 Å². The van der Waals surface area contributed by atoms with Crippen LogP contribution in [0.15, 0.2) is 0 Å². The van der Waals surface area contributed by atoms with Gasteiger partial charge in [-0.05, 0) is 20.3 Å². The predicted octanol–water partition coefficient (Wildman–Crippen LogP) is 6.07. The molecule has 0 aromatic rings. The number of nitrogens with zero attached hydrogens (tertiary/aromatic N) is 1. The molecule has 0 saturated carbocycles. The Morgan fingerprint density at radius 1 is 0.692 bits per heavy atom. The second-order valence-electron chi connectivity index (χ2n) is 8.32. The Labute approximate surface area is 164 Å². The standard InChI is InChI=1S/C23H48N2O/c1-5-8-9-10-11-12-13-14-15-16-17-18-19-20-23(26)24-21-22-25(4,6-2)7-3/h5-22H2,1-4H3/p+1. The molecule has 0 fully saturated rings. The molecule has 0 aromatic carbocycles. The van der Waals surface area contributed by atoms with Crippen molar-refractivity contribution < 1.29 is 9.28 Å². The van der Waals surface area contributed by atoms with Gasteiger partial charge in [0.25, 0.3) is 0 Å². The lowest BCUT2D eigenvalue weighted by atomic mass is 10.0. The molecule has 1 N–H and O–H groups in total. The molecule has 0 aliphatic carbocycles. The van der Waals surface area contributed by atoms with Crippen molar-refractivity contribution >= 4 is 5.91 Å². The summed E-state index contributed by atoms with van der Waals surface area (Å²) in [4.78, 5) is 11.9. The number of quaternary nitrogens is 1. The molecule has 0 aliphatic rings. The molecule has 26 heavy (non-hydrogen) atoms. The molecule has 0 rings (SSSR count). The van der Waals surface area contributed by atoms with E-state index >= 15 is 0 Å². The van der Waals surface area contributed by atoms with Gasteiger partial charge >= 0.3 is 0 Å². The monoisotopic (exact) mass is 369 g/mol. The number of amides is 1. The van der Waals surface area contributed by atoms with E-state index in [1.807, 2.05) is 0 Å². The average Bonchev–Trinajstić information content (AvgIpc) is 2.65. The summed E-state index contributed by atoms with van der Waals surface area (Å²) in [5, 5.41) is 3.10. The first kappa shape index (κ1) is 25.4. The largest absolute Gasteiger partial charge is 0.350 e. The molecule has 3 nitrogen and oxygen atoms in total. The molecule has 3 heteroatoms. The predicted molar refractivity (Wildman–Crippen MR) is 115 cm³/mol. The van der Waals surface area contributed by atoms with E-state index in [2.05, 4.69) is 33.1 Å². The van der Waals surface area contributed by atoms with Gasteiger partial charge in [0.2, 0.25) is 5.91 Å². The molecule has 0 heterocycles. The van der Waals surface area contributed by atoms with Crippen molar-refractivity contribution in [1.82, 2.24) is 5.32 Å². The Hall–Kier alpha value is -0.570. The van der Waals surface area contributed by atoms with Gasteiger partial charge in [0.1, 0.15) is 0 Å². The van der Waals surface area contributed by atoms with E-state index < -0.39 is 0 Å². The number of carbonyl (C=O) groups excluding carboxylic acids is 1. The van der Waals surface area contributed by atoms with Gasteiger partial charge in [0.15, 0.2) is 0 Å². The Morgan fingerprint density at radius 3 is 1.54 bits per heavy atom. The lowest BCUT2D eigenvalue weighted by Gasteiger charge is -2.32. The van der Waals surface area contributed by atoms with Crippen molar-refractivity contribution in [1.29, 1.82) is 0 Å². The molecule has 0 atom stereocenters. The van der Waals surface area contributed by atoms with Crippen LogP contribution in [0.2, 0.25) is 0 Å². The highest BCUT2D eigenvalue weighted by atomic mass is 16.1. The van der Waals surface area contributed by atoms with E-state index in [4.69, 9.17) is 0 Å². The van der Waals surface area contributed by atoms with Crippen molar-refractivity contribution in [2.75, 3.05) is 33.2 Å². The molecule has 0 bridgehead atoms. The maximum atomic E-state index is 11.9. The van der Waals surface area contributed by atoms with E-state index in [-0.39, 0.29) is 5.91 Å². The topological polar surface area (TPSA) is 29.1 Å². The van der Waals surface area contributed by atoms with Crippen LogP contribution in [0.1, 0.15) is 111 Å². The van der Waals surface area contributed by atoms with Crippen molar-refractivity contribution in [2.24, 2.45) is 0 Å². The van der Waals surface area contributed by atoms with Crippen LogP contribution in [0.25, 0.3) is 0 Å². The number of likely N-dealkylation sites (N-methyl/N-ethyl adjacent to an activating group) is 1. The zero-order valence-electron chi connectivity index (χ0n) is 18.6. The van der Waals surface area contributed by atoms with Crippen molar-refractivity contribution in [3.05, 3.63) is 0 Å². The third-order valence-electron chi connectivity index (χ3n) is 6.01. The van der Waals surface area contributed by atoms with Gasteiger partial charge in [0, 0.05) is 6.42 Å². The molecular weight excluding hydrogens is 320 g/mol. The van der Waals surface area contributed by atoms with Crippen LogP contribution in [0, 0.1) is 0 Å². The van der Waals surface area contributed by atoms with E-state index in [1.165, 1.54) is 77.0 Å². The van der Waals surface area contributed by atoms with Crippen molar-refractivity contribution in [3.8, 4) is 0 Å². The quantitative estimate of drug-likeness (QED) is 0.217. The number of carbonyl (C=O) groups is 1. The second kappa shape index (κ2) is 17.8. The van der Waals surface area contributed by atoms with Crippen LogP contribution in [-0.4, -0.2) is 43.6 Å². The fourth-order valence-corrected chi connectivity index (χ4v) is 3.40. The molecular formula is C23H49N2O+. The molecule has 0 spiro atoms. The first-order valence-corrected chi connectivity index (χ1v) is 11.7.